The summed E-state index contributed by atoms with van der Waals surface area (Å²) in [7, 11) is 1.64. The maximum Gasteiger partial charge on any atom is 0.337 e. The lowest BCUT2D eigenvalue weighted by atomic mass is 10.1. The molecule has 0 saturated heterocycles. The number of nitrogens with zero attached hydrogens (tertiary/aromatic N) is 1. The van der Waals surface area contributed by atoms with Crippen molar-refractivity contribution in [3.63, 3.8) is 0 Å². The summed E-state index contributed by atoms with van der Waals surface area (Å²) >= 11 is 0. The van der Waals surface area contributed by atoms with Crippen LogP contribution >= 0.6 is 0 Å². The Kier molecular flexibility index (Phi) is 4.90. The Morgan fingerprint density at radius 2 is 2.24 bits per heavy atom. The van der Waals surface area contributed by atoms with Crippen LogP contribution in [0.25, 0.3) is 0 Å². The molecule has 0 aliphatic carbocycles. The van der Waals surface area contributed by atoms with Crippen LogP contribution in [0.2, 0.25) is 0 Å². The van der Waals surface area contributed by atoms with Crippen LogP contribution in [0.4, 0.5) is 10.1 Å². The Labute approximate surface area is 99.6 Å². The van der Waals surface area contributed by atoms with E-state index < -0.39 is 11.8 Å². The van der Waals surface area contributed by atoms with Gasteiger partial charge in [-0.2, -0.15) is 0 Å². The monoisotopic (exact) mass is 241 g/mol. The molecule has 1 N–H and O–H groups in total. The first kappa shape index (κ1) is 13.4. The summed E-state index contributed by atoms with van der Waals surface area (Å²) in [6.45, 7) is 3.32. The minimum atomic E-state index is -1.14. The maximum absolute atomic E-state index is 13.6. The quantitative estimate of drug-likeness (QED) is 0.774. The second-order valence-corrected chi connectivity index (χ2v) is 3.56. The van der Waals surface area contributed by atoms with Crippen LogP contribution in [0.1, 0.15) is 17.3 Å². The number of anilines is 1. The zero-order valence-electron chi connectivity index (χ0n) is 9.94. The van der Waals surface area contributed by atoms with Crippen molar-refractivity contribution in [1.29, 1.82) is 0 Å². The fourth-order valence-electron chi connectivity index (χ4n) is 1.53. The average Bonchev–Trinajstić information content (AvgIpc) is 2.28. The fraction of sp³-hybridized carbons (Fsp3) is 0.417. The van der Waals surface area contributed by atoms with Crippen LogP contribution in [-0.4, -0.2) is 37.9 Å². The van der Waals surface area contributed by atoms with E-state index in [2.05, 4.69) is 0 Å². The number of carboxylic acid groups (broad SMARTS) is 1. The highest BCUT2D eigenvalue weighted by atomic mass is 19.1. The second kappa shape index (κ2) is 6.20. The second-order valence-electron chi connectivity index (χ2n) is 3.56. The van der Waals surface area contributed by atoms with E-state index in [9.17, 15) is 9.18 Å². The van der Waals surface area contributed by atoms with Crippen LogP contribution in [0, 0.1) is 5.82 Å². The highest BCUT2D eigenvalue weighted by Crippen LogP contribution is 2.23. The number of aromatic carboxylic acids is 1. The summed E-state index contributed by atoms with van der Waals surface area (Å²) in [6, 6.07) is 4.02. The summed E-state index contributed by atoms with van der Waals surface area (Å²) in [5.74, 6) is -1.67. The molecule has 0 amide bonds. The lowest BCUT2D eigenvalue weighted by molar-refractivity contribution is 0.0697. The van der Waals surface area contributed by atoms with Crippen LogP contribution in [0.5, 0.6) is 0 Å². The van der Waals surface area contributed by atoms with Gasteiger partial charge in [0.2, 0.25) is 0 Å². The third-order valence-electron chi connectivity index (χ3n) is 2.37. The molecule has 4 nitrogen and oxygen atoms in total. The average molecular weight is 241 g/mol. The molecule has 1 aromatic carbocycles. The molecular formula is C12H16FNO3. The number of carboxylic acids is 1. The van der Waals surface area contributed by atoms with E-state index in [0.29, 0.717) is 19.8 Å². The molecule has 17 heavy (non-hydrogen) atoms. The topological polar surface area (TPSA) is 49.8 Å². The van der Waals surface area contributed by atoms with E-state index >= 15 is 0 Å². The lowest BCUT2D eigenvalue weighted by Gasteiger charge is -2.21. The Balaban J connectivity index is 2.90. The molecule has 0 aliphatic rings. The predicted molar refractivity (Wildman–Crippen MR) is 63.1 cm³/mol. The first-order valence-electron chi connectivity index (χ1n) is 5.38. The number of likely N-dealkylation sites (N-methyl/N-ethyl adjacent to an activating group) is 1. The van der Waals surface area contributed by atoms with Gasteiger partial charge in [-0.25, -0.2) is 9.18 Å². The molecule has 0 saturated carbocycles. The molecule has 0 aliphatic heterocycles. The van der Waals surface area contributed by atoms with E-state index in [1.165, 1.54) is 18.2 Å². The summed E-state index contributed by atoms with van der Waals surface area (Å²) in [4.78, 5) is 12.5. The van der Waals surface area contributed by atoms with E-state index in [-0.39, 0.29) is 11.3 Å². The smallest absolute Gasteiger partial charge is 0.337 e. The number of benzene rings is 1. The Morgan fingerprint density at radius 1 is 1.53 bits per heavy atom. The normalized spacial score (nSPS) is 10.3. The predicted octanol–water partition coefficient (Wildman–Crippen LogP) is 2.00. The van der Waals surface area contributed by atoms with Crippen LogP contribution < -0.4 is 4.90 Å². The molecule has 0 aromatic heterocycles. The Morgan fingerprint density at radius 3 is 2.82 bits per heavy atom. The molecule has 0 spiro atoms. The number of hydrogen-bond donors (Lipinski definition) is 1. The summed E-state index contributed by atoms with van der Waals surface area (Å²) in [5, 5.41) is 8.99. The number of ether oxygens (including phenoxy) is 1. The number of halogens is 1. The van der Waals surface area contributed by atoms with Gasteiger partial charge in [0, 0.05) is 20.2 Å². The van der Waals surface area contributed by atoms with Crippen molar-refractivity contribution in [3.05, 3.63) is 29.6 Å². The largest absolute Gasteiger partial charge is 0.478 e. The molecule has 0 radical (unpaired) electrons. The molecule has 1 rings (SSSR count). The van der Waals surface area contributed by atoms with Gasteiger partial charge in [0.05, 0.1) is 17.9 Å². The molecule has 0 heterocycles. The van der Waals surface area contributed by atoms with Gasteiger partial charge in [-0.05, 0) is 19.1 Å². The van der Waals surface area contributed by atoms with Gasteiger partial charge in [0.25, 0.3) is 0 Å². The zero-order chi connectivity index (χ0) is 12.8. The zero-order valence-corrected chi connectivity index (χ0v) is 9.94. The van der Waals surface area contributed by atoms with Gasteiger partial charge in [-0.3, -0.25) is 0 Å². The molecule has 0 atom stereocenters. The van der Waals surface area contributed by atoms with E-state index in [4.69, 9.17) is 9.84 Å². The third kappa shape index (κ3) is 3.42. The molecule has 0 unspecified atom stereocenters. The molecular weight excluding hydrogens is 225 g/mol. The third-order valence-corrected chi connectivity index (χ3v) is 2.37. The maximum atomic E-state index is 13.6. The van der Waals surface area contributed by atoms with Gasteiger partial charge in [-0.15, -0.1) is 0 Å². The fourth-order valence-corrected chi connectivity index (χ4v) is 1.53. The molecule has 0 bridgehead atoms. The van der Waals surface area contributed by atoms with Crippen LogP contribution in [0.3, 0.4) is 0 Å². The highest BCUT2D eigenvalue weighted by molar-refractivity contribution is 5.94. The van der Waals surface area contributed by atoms with Gasteiger partial charge < -0.3 is 14.7 Å². The van der Waals surface area contributed by atoms with Gasteiger partial charge in [0.1, 0.15) is 5.82 Å². The molecule has 5 heteroatoms. The van der Waals surface area contributed by atoms with Crippen molar-refractivity contribution in [2.24, 2.45) is 0 Å². The SMILES string of the molecule is CCOCCN(C)c1c(F)cccc1C(=O)O. The lowest BCUT2D eigenvalue weighted by Crippen LogP contribution is -2.25. The number of carbonyl (C=O) groups is 1. The van der Waals surface area contributed by atoms with Gasteiger partial charge in [0.15, 0.2) is 0 Å². The van der Waals surface area contributed by atoms with Crippen LogP contribution in [0.15, 0.2) is 18.2 Å². The summed E-state index contributed by atoms with van der Waals surface area (Å²) in [6.07, 6.45) is 0. The van der Waals surface area contributed by atoms with E-state index in [1.807, 2.05) is 6.92 Å². The van der Waals surface area contributed by atoms with Gasteiger partial charge >= 0.3 is 5.97 Å². The van der Waals surface area contributed by atoms with Crippen molar-refractivity contribution in [3.8, 4) is 0 Å². The number of hydrogen-bond acceptors (Lipinski definition) is 3. The summed E-state index contributed by atoms with van der Waals surface area (Å²) < 4.78 is 18.8. The highest BCUT2D eigenvalue weighted by Gasteiger charge is 2.17. The van der Waals surface area contributed by atoms with Crippen molar-refractivity contribution in [2.45, 2.75) is 6.92 Å². The molecule has 1 aromatic rings. The van der Waals surface area contributed by atoms with Gasteiger partial charge in [-0.1, -0.05) is 6.07 Å². The number of para-hydroxylation sites is 1. The minimum Gasteiger partial charge on any atom is -0.478 e. The standard InChI is InChI=1S/C12H16FNO3/c1-3-17-8-7-14(2)11-9(12(15)16)5-4-6-10(11)13/h4-6H,3,7-8H2,1-2H3,(H,15,16). The molecule has 94 valence electrons. The first-order valence-corrected chi connectivity index (χ1v) is 5.38. The number of rotatable bonds is 6. The molecule has 0 fully saturated rings. The van der Waals surface area contributed by atoms with Crippen molar-refractivity contribution in [2.75, 3.05) is 31.7 Å². The van der Waals surface area contributed by atoms with Crippen molar-refractivity contribution in [1.82, 2.24) is 0 Å². The van der Waals surface area contributed by atoms with E-state index in [0.717, 1.165) is 0 Å². The van der Waals surface area contributed by atoms with E-state index in [1.54, 1.807) is 11.9 Å². The minimum absolute atomic E-state index is 0.0380. The Hall–Kier alpha value is -1.62. The van der Waals surface area contributed by atoms with Crippen molar-refractivity contribution >= 4 is 11.7 Å². The Bertz CT molecular complexity index is 395. The summed E-state index contributed by atoms with van der Waals surface area (Å²) in [5.41, 5.74) is 0.0590. The van der Waals surface area contributed by atoms with Crippen LogP contribution in [-0.2, 0) is 4.74 Å². The first-order chi connectivity index (χ1) is 8.07. The van der Waals surface area contributed by atoms with Crippen molar-refractivity contribution < 1.29 is 19.0 Å².